The van der Waals surface area contributed by atoms with Crippen LogP contribution in [0.1, 0.15) is 23.9 Å². The van der Waals surface area contributed by atoms with E-state index in [1.807, 2.05) is 42.5 Å². The topological polar surface area (TPSA) is 70.5 Å². The lowest BCUT2D eigenvalue weighted by molar-refractivity contribution is -0.154. The number of fused-ring (bicyclic) bond motifs is 3. The lowest BCUT2D eigenvalue weighted by Crippen LogP contribution is -2.27. The van der Waals surface area contributed by atoms with Gasteiger partial charge in [-0.05, 0) is 42.8 Å². The van der Waals surface area contributed by atoms with Gasteiger partial charge in [-0.25, -0.2) is 4.79 Å². The molecule has 2 aromatic heterocycles. The van der Waals surface area contributed by atoms with Crippen molar-refractivity contribution in [2.45, 2.75) is 19.4 Å². The van der Waals surface area contributed by atoms with Crippen LogP contribution in [0.15, 0.2) is 67.0 Å². The molecule has 3 aromatic rings. The molecule has 1 unspecified atom stereocenters. The first-order chi connectivity index (χ1) is 15.2. The maximum atomic E-state index is 11.9. The van der Waals surface area contributed by atoms with E-state index in [1.54, 1.807) is 19.3 Å². The monoisotopic (exact) mass is 416 g/mol. The largest absolute Gasteiger partial charge is 0.490 e. The fourth-order valence-electron chi connectivity index (χ4n) is 3.64. The highest BCUT2D eigenvalue weighted by molar-refractivity contribution is 5.98. The maximum absolute atomic E-state index is 11.9. The van der Waals surface area contributed by atoms with Crippen molar-refractivity contribution in [3.8, 4) is 16.9 Å². The molecule has 2 heterocycles. The Hall–Kier alpha value is -3.51. The first-order valence-corrected chi connectivity index (χ1v) is 10.2. The third kappa shape index (κ3) is 4.49. The Morgan fingerprint density at radius 2 is 1.65 bits per heavy atom. The average Bonchev–Trinajstić information content (AvgIpc) is 3.12. The van der Waals surface area contributed by atoms with Crippen molar-refractivity contribution in [3.63, 3.8) is 0 Å². The molecule has 6 heteroatoms. The molecule has 1 atom stereocenters. The summed E-state index contributed by atoms with van der Waals surface area (Å²) in [6.07, 6.45) is 5.44. The number of methoxy groups -OCH3 is 1. The smallest absolute Gasteiger partial charge is 0.335 e. The number of benzene rings is 1. The predicted octanol–water partition coefficient (Wildman–Crippen LogP) is 4.09. The van der Waals surface area contributed by atoms with Crippen molar-refractivity contribution in [1.29, 1.82) is 0 Å². The zero-order valence-electron chi connectivity index (χ0n) is 17.6. The van der Waals surface area contributed by atoms with Crippen LogP contribution < -0.4 is 4.74 Å². The summed E-state index contributed by atoms with van der Waals surface area (Å²) in [5, 5.41) is 0. The van der Waals surface area contributed by atoms with E-state index in [0.29, 0.717) is 19.6 Å². The van der Waals surface area contributed by atoms with Crippen LogP contribution in [-0.4, -0.2) is 42.4 Å². The Balaban J connectivity index is 1.42. The lowest BCUT2D eigenvalue weighted by atomic mass is 10.1. The Labute approximate surface area is 181 Å². The van der Waals surface area contributed by atoms with Gasteiger partial charge in [0.05, 0.1) is 18.0 Å². The second-order valence-electron chi connectivity index (χ2n) is 7.05. The van der Waals surface area contributed by atoms with Gasteiger partial charge in [0.1, 0.15) is 12.4 Å². The van der Waals surface area contributed by atoms with E-state index in [-0.39, 0.29) is 5.97 Å². The van der Waals surface area contributed by atoms with Gasteiger partial charge in [-0.2, -0.15) is 0 Å². The van der Waals surface area contributed by atoms with E-state index >= 15 is 0 Å². The van der Waals surface area contributed by atoms with E-state index in [0.717, 1.165) is 39.4 Å². The maximum Gasteiger partial charge on any atom is 0.335 e. The minimum atomic E-state index is -0.612. The number of pyridine rings is 2. The summed E-state index contributed by atoms with van der Waals surface area (Å²) >= 11 is 0. The Morgan fingerprint density at radius 3 is 2.23 bits per heavy atom. The zero-order chi connectivity index (χ0) is 21.6. The number of hydrogen-bond acceptors (Lipinski definition) is 6. The van der Waals surface area contributed by atoms with Crippen molar-refractivity contribution in [3.05, 3.63) is 84.0 Å². The first-order valence-electron chi connectivity index (χ1n) is 10.2. The van der Waals surface area contributed by atoms with Crippen molar-refractivity contribution in [2.24, 2.45) is 0 Å². The minimum absolute atomic E-state index is 0.334. The molecule has 0 spiro atoms. The normalized spacial score (nSPS) is 12.6. The number of rotatable bonds is 8. The first kappa shape index (κ1) is 20.8. The molecule has 31 heavy (non-hydrogen) atoms. The van der Waals surface area contributed by atoms with Crippen molar-refractivity contribution < 1.29 is 19.0 Å². The molecule has 6 nitrogen and oxygen atoms in total. The second-order valence-corrected chi connectivity index (χ2v) is 7.05. The molecule has 0 saturated heterocycles. The van der Waals surface area contributed by atoms with Crippen LogP contribution in [0.5, 0.6) is 5.75 Å². The van der Waals surface area contributed by atoms with Gasteiger partial charge < -0.3 is 14.2 Å². The number of carbonyl (C=O) groups excluding carboxylic acids is 1. The third-order valence-electron chi connectivity index (χ3n) is 5.13. The molecule has 1 aromatic carbocycles. The molecule has 1 aliphatic rings. The van der Waals surface area contributed by atoms with Gasteiger partial charge >= 0.3 is 5.97 Å². The average molecular weight is 416 g/mol. The molecule has 0 saturated carbocycles. The van der Waals surface area contributed by atoms with Crippen molar-refractivity contribution in [1.82, 2.24) is 9.97 Å². The fraction of sp³-hybridized carbons (Fsp3) is 0.240. The Morgan fingerprint density at radius 1 is 1.00 bits per heavy atom. The van der Waals surface area contributed by atoms with Gasteiger partial charge in [0.2, 0.25) is 0 Å². The summed E-state index contributed by atoms with van der Waals surface area (Å²) in [6.45, 7) is 2.51. The SMILES string of the molecule is CCOC(=O)C(Cc1ccc(OCC=C2c3ncccc3-c3cccnc32)cc1)OC. The standard InChI is InChI=1S/C25H24N2O4/c1-3-30-25(28)22(29-2)16-17-8-10-18(11-9-17)31-15-12-21-23-19(6-4-13-26-23)20-7-5-14-27-24(20)21/h4-14,22H,3,15-16H2,1-2H3. The van der Waals surface area contributed by atoms with Crippen LogP contribution in [0.25, 0.3) is 16.7 Å². The molecule has 0 fully saturated rings. The molecular weight excluding hydrogens is 392 g/mol. The Kier molecular flexibility index (Phi) is 6.38. The van der Waals surface area contributed by atoms with Gasteiger partial charge in [-0.3, -0.25) is 9.97 Å². The molecule has 0 aliphatic heterocycles. The number of ether oxygens (including phenoxy) is 3. The van der Waals surface area contributed by atoms with Crippen LogP contribution in [0, 0.1) is 0 Å². The summed E-state index contributed by atoms with van der Waals surface area (Å²) < 4.78 is 16.2. The van der Waals surface area contributed by atoms with Crippen LogP contribution >= 0.6 is 0 Å². The van der Waals surface area contributed by atoms with Gasteiger partial charge in [0.25, 0.3) is 0 Å². The molecule has 4 rings (SSSR count). The number of nitrogens with zero attached hydrogens (tertiary/aromatic N) is 2. The van der Waals surface area contributed by atoms with Gasteiger partial charge in [-0.15, -0.1) is 0 Å². The molecule has 0 N–H and O–H groups in total. The zero-order valence-corrected chi connectivity index (χ0v) is 17.6. The number of hydrogen-bond donors (Lipinski definition) is 0. The van der Waals surface area contributed by atoms with Crippen LogP contribution in [0.3, 0.4) is 0 Å². The third-order valence-corrected chi connectivity index (χ3v) is 5.13. The van der Waals surface area contributed by atoms with Gasteiger partial charge in [-0.1, -0.05) is 24.3 Å². The highest BCUT2D eigenvalue weighted by Crippen LogP contribution is 2.41. The highest BCUT2D eigenvalue weighted by atomic mass is 16.6. The van der Waals surface area contributed by atoms with Crippen LogP contribution in [0.4, 0.5) is 0 Å². The number of esters is 1. The molecular formula is C25H24N2O4. The van der Waals surface area contributed by atoms with E-state index in [9.17, 15) is 4.79 Å². The summed E-state index contributed by atoms with van der Waals surface area (Å²) in [5.74, 6) is 0.391. The predicted molar refractivity (Wildman–Crippen MR) is 118 cm³/mol. The number of carbonyl (C=O) groups is 1. The molecule has 1 aliphatic carbocycles. The van der Waals surface area contributed by atoms with Crippen LogP contribution in [0.2, 0.25) is 0 Å². The fourth-order valence-corrected chi connectivity index (χ4v) is 3.64. The molecule has 0 bridgehead atoms. The molecule has 158 valence electrons. The van der Waals surface area contributed by atoms with Crippen molar-refractivity contribution >= 4 is 11.5 Å². The van der Waals surface area contributed by atoms with E-state index < -0.39 is 6.10 Å². The summed E-state index contributed by atoms with van der Waals surface area (Å²) in [4.78, 5) is 21.0. The summed E-state index contributed by atoms with van der Waals surface area (Å²) in [5.41, 5.74) is 6.00. The van der Waals surface area contributed by atoms with Crippen molar-refractivity contribution in [2.75, 3.05) is 20.3 Å². The highest BCUT2D eigenvalue weighted by Gasteiger charge is 2.25. The van der Waals surface area contributed by atoms with E-state index in [1.165, 1.54) is 7.11 Å². The lowest BCUT2D eigenvalue weighted by Gasteiger charge is -2.14. The van der Waals surface area contributed by atoms with E-state index in [4.69, 9.17) is 14.2 Å². The summed E-state index contributed by atoms with van der Waals surface area (Å²) in [7, 11) is 1.51. The summed E-state index contributed by atoms with van der Waals surface area (Å²) in [6, 6.07) is 15.6. The van der Waals surface area contributed by atoms with E-state index in [2.05, 4.69) is 22.1 Å². The van der Waals surface area contributed by atoms with Gasteiger partial charge in [0.15, 0.2) is 6.10 Å². The quantitative estimate of drug-likeness (QED) is 0.403. The van der Waals surface area contributed by atoms with Gasteiger partial charge in [0, 0.05) is 42.6 Å². The Bertz CT molecular complexity index is 1050. The van der Waals surface area contributed by atoms with Crippen LogP contribution in [-0.2, 0) is 20.7 Å². The number of aromatic nitrogens is 2. The molecule has 0 amide bonds. The molecule has 0 radical (unpaired) electrons. The second kappa shape index (κ2) is 9.53. The minimum Gasteiger partial charge on any atom is -0.490 e.